The van der Waals surface area contributed by atoms with Crippen molar-refractivity contribution in [2.75, 3.05) is 0 Å². The van der Waals surface area contributed by atoms with Gasteiger partial charge in [0.15, 0.2) is 5.82 Å². The largest absolute Gasteiger partial charge is 0.337 e. The highest BCUT2D eigenvalue weighted by Gasteiger charge is 2.10. The molecular formula is C12H11N5O2. The summed E-state index contributed by atoms with van der Waals surface area (Å²) in [6, 6.07) is 7.06. The lowest BCUT2D eigenvalue weighted by Gasteiger charge is -2.00. The summed E-state index contributed by atoms with van der Waals surface area (Å²) in [7, 11) is 0. The highest BCUT2D eigenvalue weighted by atomic mass is 16.5. The number of hydrogen-bond acceptors (Lipinski definition) is 6. The smallest absolute Gasteiger partial charge is 0.278 e. The average Bonchev–Trinajstić information content (AvgIpc) is 2.90. The molecule has 0 bridgehead atoms. The molecule has 2 aromatic heterocycles. The zero-order valence-electron chi connectivity index (χ0n) is 10.3. The van der Waals surface area contributed by atoms with Gasteiger partial charge < -0.3 is 4.52 Å². The monoisotopic (exact) mass is 257 g/mol. The summed E-state index contributed by atoms with van der Waals surface area (Å²) in [6.45, 7) is 2.06. The van der Waals surface area contributed by atoms with E-state index in [-0.39, 0.29) is 12.1 Å². The second-order valence-corrected chi connectivity index (χ2v) is 4.03. The van der Waals surface area contributed by atoms with Crippen LogP contribution in [0.25, 0.3) is 10.9 Å². The van der Waals surface area contributed by atoms with Crippen LogP contribution in [-0.2, 0) is 13.0 Å². The van der Waals surface area contributed by atoms with Gasteiger partial charge in [-0.05, 0) is 12.1 Å². The molecule has 0 unspecified atom stereocenters. The lowest BCUT2D eigenvalue weighted by molar-refractivity contribution is 0.357. The van der Waals surface area contributed by atoms with Crippen LogP contribution in [0.4, 0.5) is 0 Å². The summed E-state index contributed by atoms with van der Waals surface area (Å²) in [5.41, 5.74) is 0.352. The number of aryl methyl sites for hydroxylation is 1. The van der Waals surface area contributed by atoms with Crippen LogP contribution in [0.2, 0.25) is 0 Å². The zero-order valence-corrected chi connectivity index (χ0v) is 10.3. The van der Waals surface area contributed by atoms with Gasteiger partial charge in [0, 0.05) is 6.42 Å². The summed E-state index contributed by atoms with van der Waals surface area (Å²) in [5.74, 6) is 0.959. The Balaban J connectivity index is 2.01. The van der Waals surface area contributed by atoms with Crippen LogP contribution in [0, 0.1) is 0 Å². The number of rotatable bonds is 3. The molecule has 0 fully saturated rings. The summed E-state index contributed by atoms with van der Waals surface area (Å²) < 4.78 is 6.26. The topological polar surface area (TPSA) is 86.7 Å². The summed E-state index contributed by atoms with van der Waals surface area (Å²) >= 11 is 0. The van der Waals surface area contributed by atoms with Crippen LogP contribution >= 0.6 is 0 Å². The summed E-state index contributed by atoms with van der Waals surface area (Å²) in [6.07, 6.45) is 0.682. The minimum atomic E-state index is -0.221. The Morgan fingerprint density at radius 3 is 2.95 bits per heavy atom. The Morgan fingerprint density at radius 1 is 1.32 bits per heavy atom. The molecule has 0 spiro atoms. The molecule has 0 amide bonds. The highest BCUT2D eigenvalue weighted by Crippen LogP contribution is 2.04. The molecule has 0 N–H and O–H groups in total. The molecule has 0 radical (unpaired) electrons. The molecule has 7 nitrogen and oxygen atoms in total. The minimum absolute atomic E-state index is 0.129. The van der Waals surface area contributed by atoms with Crippen LogP contribution in [0.1, 0.15) is 18.6 Å². The summed E-state index contributed by atoms with van der Waals surface area (Å²) in [4.78, 5) is 16.3. The molecule has 0 aliphatic carbocycles. The van der Waals surface area contributed by atoms with Gasteiger partial charge in [-0.2, -0.15) is 4.98 Å². The Hall–Kier alpha value is -2.57. The van der Waals surface area contributed by atoms with Crippen LogP contribution in [0.5, 0.6) is 0 Å². The summed E-state index contributed by atoms with van der Waals surface area (Å²) in [5, 5.41) is 12.1. The van der Waals surface area contributed by atoms with E-state index in [1.807, 2.05) is 13.0 Å². The zero-order chi connectivity index (χ0) is 13.2. The van der Waals surface area contributed by atoms with E-state index in [0.717, 1.165) is 0 Å². The molecule has 0 saturated carbocycles. The van der Waals surface area contributed by atoms with E-state index in [2.05, 4.69) is 20.5 Å². The molecule has 0 aliphatic heterocycles. The van der Waals surface area contributed by atoms with Gasteiger partial charge in [0.2, 0.25) is 5.89 Å². The fraction of sp³-hybridized carbons (Fsp3) is 0.250. The number of fused-ring (bicyclic) bond motifs is 1. The average molecular weight is 257 g/mol. The maximum Gasteiger partial charge on any atom is 0.278 e. The molecule has 7 heteroatoms. The highest BCUT2D eigenvalue weighted by molar-refractivity contribution is 5.76. The first-order chi connectivity index (χ1) is 9.28. The normalized spacial score (nSPS) is 11.0. The van der Waals surface area contributed by atoms with Crippen molar-refractivity contribution in [3.8, 4) is 0 Å². The molecular weight excluding hydrogens is 246 g/mol. The molecule has 0 atom stereocenters. The van der Waals surface area contributed by atoms with E-state index in [0.29, 0.717) is 29.0 Å². The number of hydrogen-bond donors (Lipinski definition) is 0. The van der Waals surface area contributed by atoms with Crippen LogP contribution < -0.4 is 5.56 Å². The van der Waals surface area contributed by atoms with Gasteiger partial charge in [-0.1, -0.05) is 29.4 Å². The molecule has 96 valence electrons. The first kappa shape index (κ1) is 11.5. The molecule has 1 aromatic carbocycles. The van der Waals surface area contributed by atoms with Crippen molar-refractivity contribution in [3.63, 3.8) is 0 Å². The first-order valence-corrected chi connectivity index (χ1v) is 5.92. The predicted molar refractivity (Wildman–Crippen MR) is 66.6 cm³/mol. The van der Waals surface area contributed by atoms with Crippen molar-refractivity contribution in [3.05, 3.63) is 46.3 Å². The maximum atomic E-state index is 12.2. The quantitative estimate of drug-likeness (QED) is 0.689. The standard InChI is InChI=1S/C12H11N5O2/c1-2-10-13-11(19-15-10)7-17-12(18)8-5-3-4-6-9(8)14-16-17/h3-6H,2,7H2,1H3. The van der Waals surface area contributed by atoms with Gasteiger partial charge in [0.25, 0.3) is 5.56 Å². The third-order valence-corrected chi connectivity index (χ3v) is 2.74. The van der Waals surface area contributed by atoms with E-state index >= 15 is 0 Å². The number of nitrogens with zero attached hydrogens (tertiary/aromatic N) is 5. The van der Waals surface area contributed by atoms with E-state index in [4.69, 9.17) is 4.52 Å². The predicted octanol–water partition coefficient (Wildman–Crippen LogP) is 0.785. The van der Waals surface area contributed by atoms with Crippen LogP contribution in [0.15, 0.2) is 33.6 Å². The molecule has 2 heterocycles. The van der Waals surface area contributed by atoms with Gasteiger partial charge in [-0.15, -0.1) is 5.10 Å². The molecule has 19 heavy (non-hydrogen) atoms. The van der Waals surface area contributed by atoms with E-state index < -0.39 is 0 Å². The molecule has 0 aliphatic rings. The Kier molecular flexibility index (Phi) is 2.79. The SMILES string of the molecule is CCc1noc(Cn2nnc3ccccc3c2=O)n1. The van der Waals surface area contributed by atoms with Crippen molar-refractivity contribution in [2.45, 2.75) is 19.9 Å². The van der Waals surface area contributed by atoms with Crippen molar-refractivity contribution in [1.82, 2.24) is 25.1 Å². The van der Waals surface area contributed by atoms with Crippen LogP contribution in [0.3, 0.4) is 0 Å². The maximum absolute atomic E-state index is 12.2. The van der Waals surface area contributed by atoms with Crippen molar-refractivity contribution >= 4 is 10.9 Å². The number of benzene rings is 1. The van der Waals surface area contributed by atoms with E-state index in [1.54, 1.807) is 18.2 Å². The molecule has 3 aromatic rings. The second-order valence-electron chi connectivity index (χ2n) is 4.03. The fourth-order valence-corrected chi connectivity index (χ4v) is 1.75. The van der Waals surface area contributed by atoms with Crippen molar-refractivity contribution in [1.29, 1.82) is 0 Å². The van der Waals surface area contributed by atoms with Crippen molar-refractivity contribution in [2.24, 2.45) is 0 Å². The van der Waals surface area contributed by atoms with Gasteiger partial charge >= 0.3 is 0 Å². The van der Waals surface area contributed by atoms with Crippen molar-refractivity contribution < 1.29 is 4.52 Å². The lowest BCUT2D eigenvalue weighted by Crippen LogP contribution is -2.24. The van der Waals surface area contributed by atoms with E-state index in [9.17, 15) is 4.79 Å². The Bertz CT molecular complexity index is 777. The third kappa shape index (κ3) is 2.10. The molecule has 3 rings (SSSR count). The van der Waals surface area contributed by atoms with Gasteiger partial charge in [-0.3, -0.25) is 4.79 Å². The third-order valence-electron chi connectivity index (χ3n) is 2.74. The second kappa shape index (κ2) is 4.60. The van der Waals surface area contributed by atoms with Gasteiger partial charge in [0.05, 0.1) is 5.39 Å². The van der Waals surface area contributed by atoms with Gasteiger partial charge in [0.1, 0.15) is 12.1 Å². The lowest BCUT2D eigenvalue weighted by atomic mass is 10.2. The Morgan fingerprint density at radius 2 is 2.16 bits per heavy atom. The molecule has 0 saturated heterocycles. The minimum Gasteiger partial charge on any atom is -0.337 e. The fourth-order valence-electron chi connectivity index (χ4n) is 1.75. The van der Waals surface area contributed by atoms with E-state index in [1.165, 1.54) is 4.68 Å². The first-order valence-electron chi connectivity index (χ1n) is 5.92. The Labute approximate surface area is 107 Å². The van der Waals surface area contributed by atoms with Crippen LogP contribution in [-0.4, -0.2) is 25.1 Å². The number of aromatic nitrogens is 5. The van der Waals surface area contributed by atoms with Gasteiger partial charge in [-0.25, -0.2) is 4.68 Å².